The van der Waals surface area contributed by atoms with Gasteiger partial charge in [-0.2, -0.15) is 0 Å². The van der Waals surface area contributed by atoms with E-state index in [1.54, 1.807) is 24.3 Å². The Kier molecular flexibility index (Phi) is 5.17. The van der Waals surface area contributed by atoms with Crippen molar-refractivity contribution in [3.05, 3.63) is 29.8 Å². The maximum absolute atomic E-state index is 11.5. The molecule has 1 aromatic rings. The molecule has 1 rings (SSSR count). The normalized spacial score (nSPS) is 11.7. The molecular weight excluding hydrogens is 232 g/mol. The average Bonchev–Trinajstić information content (AvgIpc) is 2.36. The Morgan fingerprint density at radius 1 is 1.33 bits per heavy atom. The van der Waals surface area contributed by atoms with E-state index >= 15 is 0 Å². The van der Waals surface area contributed by atoms with Crippen molar-refractivity contribution in [2.45, 2.75) is 26.3 Å². The van der Waals surface area contributed by atoms with Gasteiger partial charge in [-0.1, -0.05) is 6.92 Å². The fraction of sp³-hybridized carbons (Fsp3) is 0.385. The molecule has 0 aliphatic heterocycles. The number of benzene rings is 1. The lowest BCUT2D eigenvalue weighted by Crippen LogP contribution is -2.35. The molecule has 0 aliphatic carbocycles. The maximum atomic E-state index is 11.5. The standard InChI is InChI=1S/C13H18N2O3/c1-3-9(2)15-12(16)8-18-11-6-4-10(5-7-11)13(14)17/h4-7,9H,3,8H2,1-2H3,(H2,14,17)(H,15,16). The van der Waals surface area contributed by atoms with Gasteiger partial charge >= 0.3 is 0 Å². The number of amides is 2. The summed E-state index contributed by atoms with van der Waals surface area (Å²) in [7, 11) is 0. The lowest BCUT2D eigenvalue weighted by atomic mass is 10.2. The number of hydrogen-bond acceptors (Lipinski definition) is 3. The minimum absolute atomic E-state index is 0.0414. The summed E-state index contributed by atoms with van der Waals surface area (Å²) in [5.74, 6) is -0.126. The molecular formula is C13H18N2O3. The van der Waals surface area contributed by atoms with E-state index in [0.29, 0.717) is 11.3 Å². The number of hydrogen-bond donors (Lipinski definition) is 2. The van der Waals surface area contributed by atoms with Crippen molar-refractivity contribution in [3.63, 3.8) is 0 Å². The molecule has 5 heteroatoms. The zero-order chi connectivity index (χ0) is 13.5. The quantitative estimate of drug-likeness (QED) is 0.792. The van der Waals surface area contributed by atoms with E-state index in [4.69, 9.17) is 10.5 Å². The Balaban J connectivity index is 2.44. The first kappa shape index (κ1) is 14.0. The first-order chi connectivity index (χ1) is 8.52. The van der Waals surface area contributed by atoms with Gasteiger partial charge in [0.2, 0.25) is 5.91 Å². The van der Waals surface area contributed by atoms with Gasteiger partial charge in [0, 0.05) is 11.6 Å². The van der Waals surface area contributed by atoms with Crippen LogP contribution in [0, 0.1) is 0 Å². The van der Waals surface area contributed by atoms with Gasteiger partial charge < -0.3 is 15.8 Å². The van der Waals surface area contributed by atoms with Crippen molar-refractivity contribution < 1.29 is 14.3 Å². The molecule has 0 aromatic heterocycles. The average molecular weight is 250 g/mol. The van der Waals surface area contributed by atoms with Crippen molar-refractivity contribution in [1.82, 2.24) is 5.32 Å². The van der Waals surface area contributed by atoms with Crippen LogP contribution in [0.25, 0.3) is 0 Å². The molecule has 0 heterocycles. The number of primary amides is 1. The highest BCUT2D eigenvalue weighted by Gasteiger charge is 2.06. The van der Waals surface area contributed by atoms with Gasteiger partial charge in [0.1, 0.15) is 5.75 Å². The summed E-state index contributed by atoms with van der Waals surface area (Å²) in [5, 5.41) is 2.79. The summed E-state index contributed by atoms with van der Waals surface area (Å²) in [6.45, 7) is 3.88. The Morgan fingerprint density at radius 3 is 2.44 bits per heavy atom. The molecule has 0 fully saturated rings. The Labute approximate surface area is 106 Å². The molecule has 2 amide bonds. The first-order valence-electron chi connectivity index (χ1n) is 5.85. The highest BCUT2D eigenvalue weighted by molar-refractivity contribution is 5.92. The Morgan fingerprint density at radius 2 is 1.94 bits per heavy atom. The van der Waals surface area contributed by atoms with Crippen molar-refractivity contribution >= 4 is 11.8 Å². The maximum Gasteiger partial charge on any atom is 0.258 e. The Hall–Kier alpha value is -2.04. The van der Waals surface area contributed by atoms with Crippen LogP contribution in [0.1, 0.15) is 30.6 Å². The third-order valence-corrected chi connectivity index (χ3v) is 2.53. The molecule has 98 valence electrons. The van der Waals surface area contributed by atoms with E-state index in [9.17, 15) is 9.59 Å². The smallest absolute Gasteiger partial charge is 0.258 e. The van der Waals surface area contributed by atoms with Crippen molar-refractivity contribution in [1.29, 1.82) is 0 Å². The molecule has 0 bridgehead atoms. The summed E-state index contributed by atoms with van der Waals surface area (Å²) < 4.78 is 5.28. The minimum atomic E-state index is -0.490. The number of rotatable bonds is 6. The number of ether oxygens (including phenoxy) is 1. The SMILES string of the molecule is CCC(C)NC(=O)COc1ccc(C(N)=O)cc1. The highest BCUT2D eigenvalue weighted by atomic mass is 16.5. The molecule has 0 spiro atoms. The van der Waals surface area contributed by atoms with Crippen LogP contribution in [-0.4, -0.2) is 24.5 Å². The fourth-order valence-corrected chi connectivity index (χ4v) is 1.28. The van der Waals surface area contributed by atoms with Crippen LogP contribution in [0.3, 0.4) is 0 Å². The molecule has 0 aliphatic rings. The summed E-state index contributed by atoms with van der Waals surface area (Å²) in [5.41, 5.74) is 5.52. The molecule has 1 atom stereocenters. The van der Waals surface area contributed by atoms with Crippen molar-refractivity contribution in [2.24, 2.45) is 5.73 Å². The van der Waals surface area contributed by atoms with E-state index in [1.807, 2.05) is 13.8 Å². The zero-order valence-corrected chi connectivity index (χ0v) is 10.6. The summed E-state index contributed by atoms with van der Waals surface area (Å²) in [4.78, 5) is 22.3. The van der Waals surface area contributed by atoms with E-state index in [-0.39, 0.29) is 18.6 Å². The highest BCUT2D eigenvalue weighted by Crippen LogP contribution is 2.11. The van der Waals surface area contributed by atoms with Crippen LogP contribution in [0.5, 0.6) is 5.75 Å². The number of carbonyl (C=O) groups is 2. The van der Waals surface area contributed by atoms with Gasteiger partial charge in [-0.3, -0.25) is 9.59 Å². The van der Waals surface area contributed by atoms with E-state index in [0.717, 1.165) is 6.42 Å². The van der Waals surface area contributed by atoms with Crippen LogP contribution in [0.4, 0.5) is 0 Å². The second-order valence-corrected chi connectivity index (χ2v) is 4.05. The predicted molar refractivity (Wildman–Crippen MR) is 68.4 cm³/mol. The van der Waals surface area contributed by atoms with Crippen LogP contribution in [-0.2, 0) is 4.79 Å². The summed E-state index contributed by atoms with van der Waals surface area (Å²) in [6.07, 6.45) is 0.874. The summed E-state index contributed by atoms with van der Waals surface area (Å²) >= 11 is 0. The van der Waals surface area contributed by atoms with Gasteiger partial charge in [0.05, 0.1) is 0 Å². The molecule has 0 radical (unpaired) electrons. The second kappa shape index (κ2) is 6.64. The predicted octanol–water partition coefficient (Wildman–Crippen LogP) is 1.08. The molecule has 5 nitrogen and oxygen atoms in total. The topological polar surface area (TPSA) is 81.4 Å². The lowest BCUT2D eigenvalue weighted by molar-refractivity contribution is -0.123. The van der Waals surface area contributed by atoms with E-state index in [2.05, 4.69) is 5.32 Å². The fourth-order valence-electron chi connectivity index (χ4n) is 1.28. The summed E-state index contributed by atoms with van der Waals surface area (Å²) in [6, 6.07) is 6.47. The van der Waals surface area contributed by atoms with Crippen LogP contribution >= 0.6 is 0 Å². The van der Waals surface area contributed by atoms with Gasteiger partial charge in [-0.15, -0.1) is 0 Å². The molecule has 1 aromatic carbocycles. The van der Waals surface area contributed by atoms with Crippen LogP contribution in [0.15, 0.2) is 24.3 Å². The zero-order valence-electron chi connectivity index (χ0n) is 10.6. The molecule has 0 saturated heterocycles. The van der Waals surface area contributed by atoms with Gasteiger partial charge in [-0.25, -0.2) is 0 Å². The third kappa shape index (κ3) is 4.45. The minimum Gasteiger partial charge on any atom is -0.484 e. The van der Waals surface area contributed by atoms with E-state index < -0.39 is 5.91 Å². The first-order valence-corrected chi connectivity index (χ1v) is 5.85. The van der Waals surface area contributed by atoms with Gasteiger partial charge in [-0.05, 0) is 37.6 Å². The Bertz CT molecular complexity index is 415. The molecule has 18 heavy (non-hydrogen) atoms. The number of nitrogens with one attached hydrogen (secondary N) is 1. The second-order valence-electron chi connectivity index (χ2n) is 4.05. The molecule has 1 unspecified atom stereocenters. The molecule has 3 N–H and O–H groups in total. The largest absolute Gasteiger partial charge is 0.484 e. The van der Waals surface area contributed by atoms with Crippen LogP contribution < -0.4 is 15.8 Å². The van der Waals surface area contributed by atoms with E-state index in [1.165, 1.54) is 0 Å². The van der Waals surface area contributed by atoms with Gasteiger partial charge in [0.15, 0.2) is 6.61 Å². The number of carbonyl (C=O) groups excluding carboxylic acids is 2. The van der Waals surface area contributed by atoms with Gasteiger partial charge in [0.25, 0.3) is 5.91 Å². The van der Waals surface area contributed by atoms with Crippen LogP contribution in [0.2, 0.25) is 0 Å². The van der Waals surface area contributed by atoms with Crippen molar-refractivity contribution in [3.8, 4) is 5.75 Å². The van der Waals surface area contributed by atoms with Crippen molar-refractivity contribution in [2.75, 3.05) is 6.61 Å². The number of nitrogens with two attached hydrogens (primary N) is 1. The third-order valence-electron chi connectivity index (χ3n) is 2.53. The monoisotopic (exact) mass is 250 g/mol. The molecule has 0 saturated carbocycles. The lowest BCUT2D eigenvalue weighted by Gasteiger charge is -2.12.